The summed E-state index contributed by atoms with van der Waals surface area (Å²) in [5.41, 5.74) is 1.32. The fraction of sp³-hybridized carbons (Fsp3) is 0.706. The lowest BCUT2D eigenvalue weighted by Gasteiger charge is -2.48. The molecule has 3 rings (SSSR count). The van der Waals surface area contributed by atoms with Crippen LogP contribution in [0.5, 0.6) is 0 Å². The number of hydrogen-bond acceptors (Lipinski definition) is 4. The second-order valence-electron chi connectivity index (χ2n) is 6.47. The van der Waals surface area contributed by atoms with Crippen molar-refractivity contribution in [2.24, 2.45) is 0 Å². The maximum Gasteiger partial charge on any atom is 0.127 e. The third-order valence-corrected chi connectivity index (χ3v) is 4.82. The molecule has 2 aliphatic rings. The molecule has 0 amide bonds. The summed E-state index contributed by atoms with van der Waals surface area (Å²) in [4.78, 5) is 9.70. The van der Waals surface area contributed by atoms with Gasteiger partial charge < -0.3 is 10.2 Å². The van der Waals surface area contributed by atoms with E-state index >= 15 is 0 Å². The van der Waals surface area contributed by atoms with E-state index in [0.717, 1.165) is 24.8 Å². The number of rotatable bonds is 4. The number of anilines is 2. The SMILES string of the molecule is CCCNc1cc(N2CC3CCCCN3CC2C)ccn1. The maximum atomic E-state index is 4.43. The first kappa shape index (κ1) is 14.6. The van der Waals surface area contributed by atoms with Crippen LogP contribution in [0.4, 0.5) is 11.5 Å². The number of piperazine rings is 1. The Kier molecular flexibility index (Phi) is 4.63. The van der Waals surface area contributed by atoms with Crippen molar-refractivity contribution < 1.29 is 0 Å². The van der Waals surface area contributed by atoms with E-state index in [4.69, 9.17) is 0 Å². The fourth-order valence-electron chi connectivity index (χ4n) is 3.66. The standard InChI is InChI=1S/C17H28N4/c1-3-8-18-17-11-15(7-9-19-17)21-13-16-6-4-5-10-20(16)12-14(21)2/h7,9,11,14,16H,3-6,8,10,12-13H2,1-2H3,(H,18,19). The lowest BCUT2D eigenvalue weighted by molar-refractivity contribution is 0.115. The predicted molar refractivity (Wildman–Crippen MR) is 89.0 cm³/mol. The second-order valence-corrected chi connectivity index (χ2v) is 6.47. The molecule has 1 aromatic rings. The van der Waals surface area contributed by atoms with Gasteiger partial charge in [0.05, 0.1) is 0 Å². The molecule has 1 aromatic heterocycles. The van der Waals surface area contributed by atoms with Gasteiger partial charge in [-0.3, -0.25) is 4.90 Å². The maximum absolute atomic E-state index is 4.43. The normalized spacial score (nSPS) is 26.5. The largest absolute Gasteiger partial charge is 0.370 e. The molecule has 4 nitrogen and oxygen atoms in total. The molecular weight excluding hydrogens is 260 g/mol. The molecule has 2 aliphatic heterocycles. The van der Waals surface area contributed by atoms with Crippen LogP contribution >= 0.6 is 0 Å². The van der Waals surface area contributed by atoms with Gasteiger partial charge >= 0.3 is 0 Å². The Bertz CT molecular complexity index is 462. The Morgan fingerprint density at radius 2 is 2.24 bits per heavy atom. The van der Waals surface area contributed by atoms with Crippen LogP contribution in [-0.2, 0) is 0 Å². The van der Waals surface area contributed by atoms with Gasteiger partial charge in [0.15, 0.2) is 0 Å². The van der Waals surface area contributed by atoms with Gasteiger partial charge in [-0.2, -0.15) is 0 Å². The van der Waals surface area contributed by atoms with E-state index in [1.165, 1.54) is 44.6 Å². The summed E-state index contributed by atoms with van der Waals surface area (Å²) in [6, 6.07) is 5.70. The number of fused-ring (bicyclic) bond motifs is 1. The van der Waals surface area contributed by atoms with E-state index in [1.54, 1.807) is 0 Å². The van der Waals surface area contributed by atoms with Crippen molar-refractivity contribution in [2.75, 3.05) is 36.4 Å². The van der Waals surface area contributed by atoms with Crippen LogP contribution in [-0.4, -0.2) is 48.1 Å². The quantitative estimate of drug-likeness (QED) is 0.923. The Hall–Kier alpha value is -1.29. The highest BCUT2D eigenvalue weighted by Gasteiger charge is 2.33. The summed E-state index contributed by atoms with van der Waals surface area (Å²) in [7, 11) is 0. The van der Waals surface area contributed by atoms with Crippen LogP contribution in [0.3, 0.4) is 0 Å². The highest BCUT2D eigenvalue weighted by Crippen LogP contribution is 2.28. The third-order valence-electron chi connectivity index (χ3n) is 4.82. The summed E-state index contributed by atoms with van der Waals surface area (Å²) in [5, 5.41) is 3.40. The molecule has 0 saturated carbocycles. The number of aromatic nitrogens is 1. The molecule has 2 saturated heterocycles. The van der Waals surface area contributed by atoms with E-state index in [1.807, 2.05) is 6.20 Å². The van der Waals surface area contributed by atoms with Gasteiger partial charge in [0.25, 0.3) is 0 Å². The zero-order valence-corrected chi connectivity index (χ0v) is 13.4. The number of piperidine rings is 1. The molecule has 2 atom stereocenters. The minimum Gasteiger partial charge on any atom is -0.370 e. The smallest absolute Gasteiger partial charge is 0.127 e. The Balaban J connectivity index is 1.73. The fourth-order valence-corrected chi connectivity index (χ4v) is 3.66. The van der Waals surface area contributed by atoms with Crippen molar-refractivity contribution in [2.45, 2.75) is 51.6 Å². The Morgan fingerprint density at radius 1 is 1.33 bits per heavy atom. The monoisotopic (exact) mass is 288 g/mol. The van der Waals surface area contributed by atoms with Crippen LogP contribution in [0, 0.1) is 0 Å². The zero-order valence-electron chi connectivity index (χ0n) is 13.4. The summed E-state index contributed by atoms with van der Waals surface area (Å²) < 4.78 is 0. The average molecular weight is 288 g/mol. The molecule has 116 valence electrons. The van der Waals surface area contributed by atoms with E-state index in [9.17, 15) is 0 Å². The Labute approximate surface area is 128 Å². The molecule has 0 radical (unpaired) electrons. The first-order chi connectivity index (χ1) is 10.3. The van der Waals surface area contributed by atoms with Gasteiger partial charge in [-0.15, -0.1) is 0 Å². The molecule has 21 heavy (non-hydrogen) atoms. The van der Waals surface area contributed by atoms with Crippen molar-refractivity contribution in [3.63, 3.8) is 0 Å². The van der Waals surface area contributed by atoms with Crippen molar-refractivity contribution >= 4 is 11.5 Å². The molecule has 1 N–H and O–H groups in total. The van der Waals surface area contributed by atoms with E-state index < -0.39 is 0 Å². The lowest BCUT2D eigenvalue weighted by Crippen LogP contribution is -2.58. The molecule has 0 aromatic carbocycles. The van der Waals surface area contributed by atoms with Crippen molar-refractivity contribution in [1.82, 2.24) is 9.88 Å². The number of nitrogens with one attached hydrogen (secondary N) is 1. The topological polar surface area (TPSA) is 31.4 Å². The predicted octanol–water partition coefficient (Wildman–Crippen LogP) is 2.97. The molecule has 0 aliphatic carbocycles. The van der Waals surface area contributed by atoms with Crippen LogP contribution in [0.15, 0.2) is 18.3 Å². The van der Waals surface area contributed by atoms with Crippen LogP contribution < -0.4 is 10.2 Å². The van der Waals surface area contributed by atoms with Crippen LogP contribution in [0.1, 0.15) is 39.5 Å². The average Bonchev–Trinajstić information content (AvgIpc) is 2.52. The van der Waals surface area contributed by atoms with E-state index in [-0.39, 0.29) is 0 Å². The van der Waals surface area contributed by atoms with Gasteiger partial charge in [-0.25, -0.2) is 4.98 Å². The molecular formula is C17H28N4. The molecule has 0 spiro atoms. The number of nitrogens with zero attached hydrogens (tertiary/aromatic N) is 3. The van der Waals surface area contributed by atoms with Gasteiger partial charge in [-0.05, 0) is 38.8 Å². The minimum absolute atomic E-state index is 0.584. The van der Waals surface area contributed by atoms with Gasteiger partial charge in [0, 0.05) is 49.7 Å². The van der Waals surface area contributed by atoms with Crippen molar-refractivity contribution in [3.8, 4) is 0 Å². The number of hydrogen-bond donors (Lipinski definition) is 1. The Morgan fingerprint density at radius 3 is 3.10 bits per heavy atom. The molecule has 2 fully saturated rings. The highest BCUT2D eigenvalue weighted by molar-refractivity contribution is 5.55. The lowest BCUT2D eigenvalue weighted by atomic mass is 9.97. The molecule has 0 bridgehead atoms. The van der Waals surface area contributed by atoms with Gasteiger partial charge in [0.1, 0.15) is 5.82 Å². The highest BCUT2D eigenvalue weighted by atomic mass is 15.3. The van der Waals surface area contributed by atoms with Gasteiger partial charge in [-0.1, -0.05) is 13.3 Å². The minimum atomic E-state index is 0.584. The van der Waals surface area contributed by atoms with E-state index in [2.05, 4.69) is 46.1 Å². The molecule has 3 heterocycles. The summed E-state index contributed by atoms with van der Waals surface area (Å²) >= 11 is 0. The summed E-state index contributed by atoms with van der Waals surface area (Å²) in [5.74, 6) is 1.01. The van der Waals surface area contributed by atoms with Crippen LogP contribution in [0.2, 0.25) is 0 Å². The van der Waals surface area contributed by atoms with Crippen molar-refractivity contribution in [1.29, 1.82) is 0 Å². The third kappa shape index (κ3) is 3.31. The van der Waals surface area contributed by atoms with E-state index in [0.29, 0.717) is 6.04 Å². The zero-order chi connectivity index (χ0) is 14.7. The van der Waals surface area contributed by atoms with Crippen LogP contribution in [0.25, 0.3) is 0 Å². The molecule has 4 heteroatoms. The molecule has 2 unspecified atom stereocenters. The summed E-state index contributed by atoms with van der Waals surface area (Å²) in [6.45, 7) is 9.18. The first-order valence-electron chi connectivity index (χ1n) is 8.48. The second kappa shape index (κ2) is 6.65. The van der Waals surface area contributed by atoms with Gasteiger partial charge in [0.2, 0.25) is 0 Å². The first-order valence-corrected chi connectivity index (χ1v) is 8.48. The summed E-state index contributed by atoms with van der Waals surface area (Å²) in [6.07, 6.45) is 7.19. The number of pyridine rings is 1. The van der Waals surface area contributed by atoms with Crippen molar-refractivity contribution in [3.05, 3.63) is 18.3 Å².